The lowest BCUT2D eigenvalue weighted by atomic mass is 10.1. The summed E-state index contributed by atoms with van der Waals surface area (Å²) in [5.74, 6) is -0.446. The molecule has 8 heteroatoms. The van der Waals surface area contributed by atoms with Crippen molar-refractivity contribution in [2.75, 3.05) is 0 Å². The number of aromatic nitrogens is 2. The molecule has 3 aromatic rings. The monoisotopic (exact) mass is 432 g/mol. The number of fused-ring (bicyclic) bond motifs is 1. The van der Waals surface area contributed by atoms with E-state index in [1.165, 1.54) is 16.0 Å². The van der Waals surface area contributed by atoms with Gasteiger partial charge in [-0.25, -0.2) is 10.1 Å². The van der Waals surface area contributed by atoms with Crippen molar-refractivity contribution in [3.63, 3.8) is 0 Å². The van der Waals surface area contributed by atoms with Crippen LogP contribution in [0.25, 0.3) is 10.8 Å². The first-order valence-electron chi connectivity index (χ1n) is 8.17. The van der Waals surface area contributed by atoms with E-state index in [0.29, 0.717) is 17.3 Å². The fraction of sp³-hybridized carbons (Fsp3) is 0.222. The predicted molar refractivity (Wildman–Crippen MR) is 108 cm³/mol. The summed E-state index contributed by atoms with van der Waals surface area (Å²) in [6, 6.07) is 8.90. The Kier molecular flexibility index (Phi) is 5.95. The molecule has 26 heavy (non-hydrogen) atoms. The lowest BCUT2D eigenvalue weighted by Crippen LogP contribution is -2.29. The van der Waals surface area contributed by atoms with E-state index in [-0.39, 0.29) is 11.3 Å². The Morgan fingerprint density at radius 3 is 2.85 bits per heavy atom. The number of aryl methyl sites for hydroxylation is 1. The summed E-state index contributed by atoms with van der Waals surface area (Å²) in [5.41, 5.74) is 2.51. The van der Waals surface area contributed by atoms with E-state index in [4.69, 9.17) is 0 Å². The highest BCUT2D eigenvalue weighted by molar-refractivity contribution is 9.10. The third-order valence-electron chi connectivity index (χ3n) is 3.75. The van der Waals surface area contributed by atoms with Crippen molar-refractivity contribution in [2.24, 2.45) is 5.10 Å². The third kappa shape index (κ3) is 4.08. The zero-order valence-electron chi connectivity index (χ0n) is 14.1. The van der Waals surface area contributed by atoms with Crippen LogP contribution in [0, 0.1) is 0 Å². The van der Waals surface area contributed by atoms with Gasteiger partial charge in [0.05, 0.1) is 11.6 Å². The Morgan fingerprint density at radius 2 is 2.15 bits per heavy atom. The number of carbonyl (C=O) groups is 1. The van der Waals surface area contributed by atoms with Gasteiger partial charge in [-0.1, -0.05) is 31.5 Å². The molecule has 1 amide bonds. The fourth-order valence-corrected chi connectivity index (χ4v) is 3.77. The van der Waals surface area contributed by atoms with Gasteiger partial charge >= 0.3 is 0 Å². The van der Waals surface area contributed by atoms with Gasteiger partial charge in [0, 0.05) is 26.7 Å². The molecule has 2 aromatic heterocycles. The molecule has 0 saturated heterocycles. The Morgan fingerprint density at radius 1 is 1.38 bits per heavy atom. The number of hydrazone groups is 1. The number of unbranched alkanes of at least 4 members (excludes halogenated alkanes) is 1. The van der Waals surface area contributed by atoms with Crippen LogP contribution in [0.15, 0.2) is 50.1 Å². The van der Waals surface area contributed by atoms with Crippen molar-refractivity contribution in [2.45, 2.75) is 26.3 Å². The molecule has 134 valence electrons. The molecule has 0 saturated carbocycles. The van der Waals surface area contributed by atoms with E-state index in [0.717, 1.165) is 22.2 Å². The second kappa shape index (κ2) is 8.37. The molecule has 0 aliphatic heterocycles. The number of carbonyl (C=O) groups excluding carboxylic acids is 1. The van der Waals surface area contributed by atoms with Gasteiger partial charge in [-0.15, -0.1) is 11.3 Å². The Hall–Kier alpha value is -2.32. The summed E-state index contributed by atoms with van der Waals surface area (Å²) in [6.07, 6.45) is 3.32. The normalized spacial score (nSPS) is 11.3. The van der Waals surface area contributed by atoms with Crippen molar-refractivity contribution in [1.29, 1.82) is 0 Å². The van der Waals surface area contributed by atoms with Gasteiger partial charge in [0.15, 0.2) is 5.69 Å². The van der Waals surface area contributed by atoms with Crippen LogP contribution in [0.4, 0.5) is 0 Å². The lowest BCUT2D eigenvalue weighted by molar-refractivity contribution is 0.0949. The summed E-state index contributed by atoms with van der Waals surface area (Å²) in [4.78, 5) is 26.0. The average molecular weight is 433 g/mol. The molecule has 0 aliphatic rings. The van der Waals surface area contributed by atoms with Crippen LogP contribution < -0.4 is 11.0 Å². The number of nitrogens with one attached hydrogen (secondary N) is 1. The first-order valence-corrected chi connectivity index (χ1v) is 9.84. The van der Waals surface area contributed by atoms with Crippen LogP contribution in [0.5, 0.6) is 0 Å². The Bertz CT molecular complexity index is 1030. The molecule has 0 fully saturated rings. The van der Waals surface area contributed by atoms with E-state index in [1.54, 1.807) is 30.5 Å². The second-order valence-corrected chi connectivity index (χ2v) is 7.50. The SMILES string of the molecule is CCCCn1nc(C(=O)N/N=C/c2cc(Br)cs2)c2ccccc2c1=O. The van der Waals surface area contributed by atoms with Crippen LogP contribution in [-0.4, -0.2) is 21.9 Å². The van der Waals surface area contributed by atoms with Gasteiger partial charge < -0.3 is 0 Å². The van der Waals surface area contributed by atoms with Crippen LogP contribution in [0.2, 0.25) is 0 Å². The van der Waals surface area contributed by atoms with Crippen LogP contribution in [-0.2, 0) is 6.54 Å². The van der Waals surface area contributed by atoms with E-state index in [2.05, 4.69) is 31.6 Å². The van der Waals surface area contributed by atoms with Crippen LogP contribution >= 0.6 is 27.3 Å². The second-order valence-electron chi connectivity index (χ2n) is 5.64. The standard InChI is InChI=1S/C18H17BrN4O2S/c1-2-3-8-23-18(25)15-7-5-4-6-14(15)16(22-23)17(24)21-20-10-13-9-12(19)11-26-13/h4-7,9-11H,2-3,8H2,1H3,(H,21,24)/b20-10+. The maximum absolute atomic E-state index is 12.6. The zero-order chi connectivity index (χ0) is 18.5. The van der Waals surface area contributed by atoms with Gasteiger partial charge in [-0.05, 0) is 34.5 Å². The van der Waals surface area contributed by atoms with Gasteiger partial charge in [0.2, 0.25) is 0 Å². The molecule has 0 radical (unpaired) electrons. The molecule has 0 atom stereocenters. The quantitative estimate of drug-likeness (QED) is 0.475. The molecule has 0 unspecified atom stereocenters. The number of nitrogens with zero attached hydrogens (tertiary/aromatic N) is 3. The number of thiophene rings is 1. The summed E-state index contributed by atoms with van der Waals surface area (Å²) in [7, 11) is 0. The average Bonchev–Trinajstić information content (AvgIpc) is 3.06. The maximum atomic E-state index is 12.6. The first-order chi connectivity index (χ1) is 12.6. The van der Waals surface area contributed by atoms with Crippen molar-refractivity contribution in [3.8, 4) is 0 Å². The number of amides is 1. The first kappa shape index (κ1) is 18.5. The molecule has 2 heterocycles. The summed E-state index contributed by atoms with van der Waals surface area (Å²) in [5, 5.41) is 11.2. The minimum absolute atomic E-state index is 0.183. The molecule has 1 N–H and O–H groups in total. The predicted octanol–water partition coefficient (Wildman–Crippen LogP) is 3.78. The number of benzene rings is 1. The zero-order valence-corrected chi connectivity index (χ0v) is 16.5. The van der Waals surface area contributed by atoms with Crippen molar-refractivity contribution < 1.29 is 4.79 Å². The van der Waals surface area contributed by atoms with E-state index in [1.807, 2.05) is 18.4 Å². The largest absolute Gasteiger partial charge is 0.292 e. The van der Waals surface area contributed by atoms with E-state index < -0.39 is 5.91 Å². The van der Waals surface area contributed by atoms with Crippen molar-refractivity contribution in [3.05, 3.63) is 61.1 Å². The molecule has 3 rings (SSSR count). The number of hydrogen-bond acceptors (Lipinski definition) is 5. The Balaban J connectivity index is 1.92. The highest BCUT2D eigenvalue weighted by Crippen LogP contribution is 2.18. The lowest BCUT2D eigenvalue weighted by Gasteiger charge is -2.09. The van der Waals surface area contributed by atoms with Crippen molar-refractivity contribution in [1.82, 2.24) is 15.2 Å². The van der Waals surface area contributed by atoms with Gasteiger partial charge in [-0.3, -0.25) is 9.59 Å². The molecular formula is C18H17BrN4O2S. The highest BCUT2D eigenvalue weighted by atomic mass is 79.9. The number of halogens is 1. The van der Waals surface area contributed by atoms with E-state index in [9.17, 15) is 9.59 Å². The van der Waals surface area contributed by atoms with Crippen molar-refractivity contribution >= 4 is 50.2 Å². The molecule has 0 spiro atoms. The van der Waals surface area contributed by atoms with Gasteiger partial charge in [0.1, 0.15) is 0 Å². The smallest absolute Gasteiger partial charge is 0.267 e. The summed E-state index contributed by atoms with van der Waals surface area (Å²) >= 11 is 4.88. The molecule has 0 bridgehead atoms. The minimum atomic E-state index is -0.446. The topological polar surface area (TPSA) is 76.3 Å². The molecule has 0 aliphatic carbocycles. The summed E-state index contributed by atoms with van der Waals surface area (Å²) in [6.45, 7) is 2.52. The molecular weight excluding hydrogens is 416 g/mol. The maximum Gasteiger partial charge on any atom is 0.292 e. The number of rotatable bonds is 6. The number of hydrogen-bond donors (Lipinski definition) is 1. The molecule has 1 aromatic carbocycles. The summed E-state index contributed by atoms with van der Waals surface area (Å²) < 4.78 is 2.33. The fourth-order valence-electron chi connectivity index (χ4n) is 2.47. The Labute approximate surface area is 162 Å². The van der Waals surface area contributed by atoms with Gasteiger partial charge in [0.25, 0.3) is 11.5 Å². The minimum Gasteiger partial charge on any atom is -0.267 e. The molecule has 6 nitrogen and oxygen atoms in total. The van der Waals surface area contributed by atoms with Crippen LogP contribution in [0.3, 0.4) is 0 Å². The third-order valence-corrected chi connectivity index (χ3v) is 5.38. The van der Waals surface area contributed by atoms with Gasteiger partial charge in [-0.2, -0.15) is 10.2 Å². The van der Waals surface area contributed by atoms with Crippen LogP contribution in [0.1, 0.15) is 35.1 Å². The highest BCUT2D eigenvalue weighted by Gasteiger charge is 2.16. The van der Waals surface area contributed by atoms with E-state index >= 15 is 0 Å².